The van der Waals surface area contributed by atoms with Crippen LogP contribution in [0.3, 0.4) is 0 Å². The summed E-state index contributed by atoms with van der Waals surface area (Å²) < 4.78 is 0. The van der Waals surface area contributed by atoms with Gasteiger partial charge < -0.3 is 5.73 Å². The number of hydrogen-bond donors (Lipinski definition) is 1. The van der Waals surface area contributed by atoms with Crippen LogP contribution in [0.25, 0.3) is 32.8 Å². The zero-order valence-electron chi connectivity index (χ0n) is 10.2. The molecule has 4 rings (SSSR count). The molecule has 0 aliphatic heterocycles. The van der Waals surface area contributed by atoms with Crippen LogP contribution in [0.2, 0.25) is 0 Å². The van der Waals surface area contributed by atoms with Crippen molar-refractivity contribution in [2.24, 2.45) is 0 Å². The molecule has 0 bridgehead atoms. The van der Waals surface area contributed by atoms with E-state index < -0.39 is 0 Å². The Morgan fingerprint density at radius 2 is 1.47 bits per heavy atom. The van der Waals surface area contributed by atoms with Crippen molar-refractivity contribution in [3.05, 3.63) is 54.6 Å². The maximum atomic E-state index is 6.10. The van der Waals surface area contributed by atoms with E-state index in [2.05, 4.69) is 4.98 Å². The summed E-state index contributed by atoms with van der Waals surface area (Å²) in [6.45, 7) is 0. The summed E-state index contributed by atoms with van der Waals surface area (Å²) in [5, 5.41) is 2.08. The van der Waals surface area contributed by atoms with Crippen molar-refractivity contribution >= 4 is 38.5 Å². The van der Waals surface area contributed by atoms with Crippen molar-refractivity contribution in [3.8, 4) is 0 Å². The Balaban J connectivity index is 2.29. The minimum absolute atomic E-state index is 0.743. The lowest BCUT2D eigenvalue weighted by atomic mass is 10.1. The number of nitrogens with two attached hydrogens (primary N) is 1. The summed E-state index contributed by atoms with van der Waals surface area (Å²) in [4.78, 5) is 9.38. The lowest BCUT2D eigenvalue weighted by Crippen LogP contribution is -1.92. The smallest absolute Gasteiger partial charge is 0.0993 e. The Bertz CT molecular complexity index is 929. The van der Waals surface area contributed by atoms with Gasteiger partial charge in [0.1, 0.15) is 0 Å². The first-order chi connectivity index (χ1) is 9.33. The van der Waals surface area contributed by atoms with Crippen molar-refractivity contribution in [1.82, 2.24) is 9.97 Å². The van der Waals surface area contributed by atoms with Crippen LogP contribution in [0.4, 0.5) is 5.69 Å². The van der Waals surface area contributed by atoms with Gasteiger partial charge >= 0.3 is 0 Å². The minimum Gasteiger partial charge on any atom is -0.398 e. The van der Waals surface area contributed by atoms with Crippen LogP contribution in [-0.2, 0) is 0 Å². The van der Waals surface area contributed by atoms with Crippen molar-refractivity contribution in [1.29, 1.82) is 0 Å². The third-order valence-corrected chi connectivity index (χ3v) is 3.38. The number of rotatable bonds is 0. The molecule has 0 spiro atoms. The van der Waals surface area contributed by atoms with Gasteiger partial charge in [-0.2, -0.15) is 0 Å². The average molecular weight is 245 g/mol. The quantitative estimate of drug-likeness (QED) is 0.293. The summed E-state index contributed by atoms with van der Waals surface area (Å²) in [7, 11) is 0. The lowest BCUT2D eigenvalue weighted by molar-refractivity contribution is 1.41. The lowest BCUT2D eigenvalue weighted by Gasteiger charge is -2.06. The largest absolute Gasteiger partial charge is 0.398 e. The molecule has 4 aromatic rings. The number of aromatic nitrogens is 2. The zero-order chi connectivity index (χ0) is 12.8. The number of benzene rings is 3. The Morgan fingerprint density at radius 1 is 0.684 bits per heavy atom. The minimum atomic E-state index is 0.743. The SMILES string of the molecule is Nc1cccc2ccc3nc4ccccc4nc3c12. The Labute approximate surface area is 109 Å². The van der Waals surface area contributed by atoms with E-state index in [1.807, 2.05) is 54.6 Å². The van der Waals surface area contributed by atoms with E-state index in [1.165, 1.54) is 0 Å². The van der Waals surface area contributed by atoms with E-state index in [-0.39, 0.29) is 0 Å². The number of nitrogens with zero attached hydrogens (tertiary/aromatic N) is 2. The normalized spacial score (nSPS) is 11.4. The fraction of sp³-hybridized carbons (Fsp3) is 0. The monoisotopic (exact) mass is 245 g/mol. The number of hydrogen-bond acceptors (Lipinski definition) is 3. The predicted molar refractivity (Wildman–Crippen MR) is 79.0 cm³/mol. The highest BCUT2D eigenvalue weighted by molar-refractivity contribution is 6.11. The zero-order valence-corrected chi connectivity index (χ0v) is 10.2. The Kier molecular flexibility index (Phi) is 1.97. The number of para-hydroxylation sites is 2. The van der Waals surface area contributed by atoms with Crippen molar-refractivity contribution in [2.75, 3.05) is 5.73 Å². The van der Waals surface area contributed by atoms with Crippen LogP contribution in [-0.4, -0.2) is 9.97 Å². The van der Waals surface area contributed by atoms with Gasteiger partial charge in [0.05, 0.1) is 22.1 Å². The first-order valence-electron chi connectivity index (χ1n) is 6.17. The van der Waals surface area contributed by atoms with E-state index in [9.17, 15) is 0 Å². The van der Waals surface area contributed by atoms with Gasteiger partial charge in [-0.25, -0.2) is 9.97 Å². The van der Waals surface area contributed by atoms with Crippen LogP contribution in [0.5, 0.6) is 0 Å². The highest BCUT2D eigenvalue weighted by atomic mass is 14.8. The molecule has 3 aromatic carbocycles. The van der Waals surface area contributed by atoms with E-state index in [0.29, 0.717) is 0 Å². The molecule has 1 heterocycles. The molecule has 0 radical (unpaired) electrons. The summed E-state index contributed by atoms with van der Waals surface area (Å²) in [5.74, 6) is 0. The van der Waals surface area contributed by atoms with E-state index in [0.717, 1.165) is 38.5 Å². The Hall–Kier alpha value is -2.68. The molecule has 90 valence electrons. The molecule has 0 saturated carbocycles. The first kappa shape index (κ1) is 10.3. The second-order valence-electron chi connectivity index (χ2n) is 4.59. The fourth-order valence-corrected chi connectivity index (χ4v) is 2.48. The van der Waals surface area contributed by atoms with Gasteiger partial charge in [0.25, 0.3) is 0 Å². The van der Waals surface area contributed by atoms with Gasteiger partial charge in [0.2, 0.25) is 0 Å². The second-order valence-corrected chi connectivity index (χ2v) is 4.59. The van der Waals surface area contributed by atoms with Gasteiger partial charge in [-0.05, 0) is 29.7 Å². The van der Waals surface area contributed by atoms with E-state index in [1.54, 1.807) is 0 Å². The number of anilines is 1. The molecule has 1 aromatic heterocycles. The van der Waals surface area contributed by atoms with Gasteiger partial charge in [-0.15, -0.1) is 0 Å². The van der Waals surface area contributed by atoms with Crippen molar-refractivity contribution < 1.29 is 0 Å². The fourth-order valence-electron chi connectivity index (χ4n) is 2.48. The van der Waals surface area contributed by atoms with Crippen LogP contribution in [0.1, 0.15) is 0 Å². The molecule has 3 nitrogen and oxygen atoms in total. The summed E-state index contributed by atoms with van der Waals surface area (Å²) >= 11 is 0. The molecule has 19 heavy (non-hydrogen) atoms. The van der Waals surface area contributed by atoms with E-state index >= 15 is 0 Å². The summed E-state index contributed by atoms with van der Waals surface area (Å²) in [6, 6.07) is 17.8. The van der Waals surface area contributed by atoms with Gasteiger partial charge in [-0.1, -0.05) is 30.3 Å². The molecule has 0 atom stereocenters. The standard InChI is InChI=1S/C16H11N3/c17-11-5-3-4-10-8-9-14-16(15(10)11)19-13-7-2-1-6-12(13)18-14/h1-9H,17H2. The highest BCUT2D eigenvalue weighted by Crippen LogP contribution is 2.28. The molecule has 0 amide bonds. The molecule has 0 saturated heterocycles. The number of fused-ring (bicyclic) bond motifs is 4. The van der Waals surface area contributed by atoms with Crippen LogP contribution >= 0.6 is 0 Å². The summed E-state index contributed by atoms with van der Waals surface area (Å²) in [6.07, 6.45) is 0. The second kappa shape index (κ2) is 3.65. The maximum Gasteiger partial charge on any atom is 0.0993 e. The van der Waals surface area contributed by atoms with Gasteiger partial charge in [-0.3, -0.25) is 0 Å². The van der Waals surface area contributed by atoms with Crippen molar-refractivity contribution in [3.63, 3.8) is 0 Å². The maximum absolute atomic E-state index is 6.10. The van der Waals surface area contributed by atoms with Crippen LogP contribution in [0, 0.1) is 0 Å². The third-order valence-electron chi connectivity index (χ3n) is 3.38. The first-order valence-corrected chi connectivity index (χ1v) is 6.17. The molecule has 0 unspecified atom stereocenters. The van der Waals surface area contributed by atoms with E-state index in [4.69, 9.17) is 10.7 Å². The molecule has 0 aliphatic rings. The summed E-state index contributed by atoms with van der Waals surface area (Å²) in [5.41, 5.74) is 10.4. The molecule has 0 aliphatic carbocycles. The van der Waals surface area contributed by atoms with Gasteiger partial charge in [0, 0.05) is 11.1 Å². The van der Waals surface area contributed by atoms with Crippen molar-refractivity contribution in [2.45, 2.75) is 0 Å². The van der Waals surface area contributed by atoms with Crippen LogP contribution < -0.4 is 5.73 Å². The van der Waals surface area contributed by atoms with Gasteiger partial charge in [0.15, 0.2) is 0 Å². The molecule has 2 N–H and O–H groups in total. The topological polar surface area (TPSA) is 51.8 Å². The molecular weight excluding hydrogens is 234 g/mol. The highest BCUT2D eigenvalue weighted by Gasteiger charge is 2.07. The average Bonchev–Trinajstić information content (AvgIpc) is 2.45. The molecule has 0 fully saturated rings. The predicted octanol–water partition coefficient (Wildman–Crippen LogP) is 3.52. The third kappa shape index (κ3) is 1.45. The number of nitrogen functional groups attached to an aromatic ring is 1. The van der Waals surface area contributed by atoms with Crippen LogP contribution in [0.15, 0.2) is 54.6 Å². The Morgan fingerprint density at radius 3 is 2.32 bits per heavy atom. The molecular formula is C16H11N3. The molecule has 3 heteroatoms.